The van der Waals surface area contributed by atoms with E-state index >= 15 is 0 Å². The van der Waals surface area contributed by atoms with Gasteiger partial charge in [-0.3, -0.25) is 9.78 Å². The van der Waals surface area contributed by atoms with Crippen LogP contribution in [0.25, 0.3) is 22.2 Å². The van der Waals surface area contributed by atoms with E-state index in [1.165, 1.54) is 6.07 Å². The predicted octanol–water partition coefficient (Wildman–Crippen LogP) is 4.56. The highest BCUT2D eigenvalue weighted by Crippen LogP contribution is 2.26. The smallest absolute Gasteiger partial charge is 0.262 e. The number of hydrogen-bond donors (Lipinski definition) is 1. The molecule has 4 aromatic rings. The first-order valence-electron chi connectivity index (χ1n) is 7.79. The zero-order valence-electron chi connectivity index (χ0n) is 13.5. The van der Waals surface area contributed by atoms with Crippen LogP contribution in [0, 0.1) is 17.5 Å². The molecule has 2 heterocycles. The number of halogens is 3. The van der Waals surface area contributed by atoms with Crippen molar-refractivity contribution in [2.45, 2.75) is 0 Å². The van der Waals surface area contributed by atoms with Crippen LogP contribution in [0.3, 0.4) is 0 Å². The van der Waals surface area contributed by atoms with Crippen molar-refractivity contribution in [3.63, 3.8) is 0 Å². The highest BCUT2D eigenvalue weighted by atomic mass is 19.2. The molecule has 27 heavy (non-hydrogen) atoms. The number of amides is 1. The lowest BCUT2D eigenvalue weighted by Crippen LogP contribution is -2.17. The number of rotatable bonds is 3. The van der Waals surface area contributed by atoms with Gasteiger partial charge in [0.05, 0.1) is 5.52 Å². The van der Waals surface area contributed by atoms with Crippen molar-refractivity contribution in [1.29, 1.82) is 0 Å². The lowest BCUT2D eigenvalue weighted by Gasteiger charge is -2.04. The van der Waals surface area contributed by atoms with Crippen molar-refractivity contribution in [3.8, 4) is 11.3 Å². The molecule has 0 aliphatic heterocycles. The molecule has 0 radical (unpaired) electrons. The fraction of sp³-hybridized carbons (Fsp3) is 0. The molecule has 0 saturated carbocycles. The Labute approximate surface area is 150 Å². The van der Waals surface area contributed by atoms with Gasteiger partial charge in [0.15, 0.2) is 23.2 Å². The van der Waals surface area contributed by atoms with Crippen LogP contribution in [-0.2, 0) is 0 Å². The molecule has 0 aliphatic rings. The molecule has 0 aliphatic carbocycles. The SMILES string of the molecule is O=C(Nc1cc(-c2ccc3ncccc3c2)on1)c1c(F)ccc(F)c1F. The second-order valence-corrected chi connectivity index (χ2v) is 5.66. The largest absolute Gasteiger partial charge is 0.354 e. The number of carbonyl (C=O) groups is 1. The van der Waals surface area contributed by atoms with Crippen molar-refractivity contribution in [2.24, 2.45) is 0 Å². The van der Waals surface area contributed by atoms with Crippen LogP contribution in [0.15, 0.2) is 59.3 Å². The summed E-state index contributed by atoms with van der Waals surface area (Å²) in [6.45, 7) is 0. The number of benzene rings is 2. The molecule has 1 N–H and O–H groups in total. The Morgan fingerprint density at radius 1 is 1.00 bits per heavy atom. The number of pyridine rings is 1. The van der Waals surface area contributed by atoms with Gasteiger partial charge in [-0.2, -0.15) is 0 Å². The second kappa shape index (κ2) is 6.56. The van der Waals surface area contributed by atoms with Gasteiger partial charge in [0.2, 0.25) is 0 Å². The minimum absolute atomic E-state index is 0.0654. The molecule has 0 saturated heterocycles. The zero-order chi connectivity index (χ0) is 19.0. The first-order valence-corrected chi connectivity index (χ1v) is 7.79. The summed E-state index contributed by atoms with van der Waals surface area (Å²) in [7, 11) is 0. The Bertz CT molecular complexity index is 1170. The maximum atomic E-state index is 13.7. The summed E-state index contributed by atoms with van der Waals surface area (Å²) in [5.74, 6) is -4.99. The Kier molecular flexibility index (Phi) is 4.08. The average molecular weight is 369 g/mol. The van der Waals surface area contributed by atoms with Gasteiger partial charge in [0, 0.05) is 23.2 Å². The van der Waals surface area contributed by atoms with E-state index < -0.39 is 28.9 Å². The summed E-state index contributed by atoms with van der Waals surface area (Å²) in [5, 5.41) is 6.73. The fourth-order valence-corrected chi connectivity index (χ4v) is 2.61. The van der Waals surface area contributed by atoms with Crippen LogP contribution >= 0.6 is 0 Å². The van der Waals surface area contributed by atoms with Crippen molar-refractivity contribution in [3.05, 3.63) is 77.7 Å². The van der Waals surface area contributed by atoms with Gasteiger partial charge < -0.3 is 9.84 Å². The standard InChI is InChI=1S/C19H10F3N3O2/c20-12-4-5-13(21)18(22)17(12)19(26)24-16-9-15(27-25-16)11-3-6-14-10(8-11)2-1-7-23-14/h1-9H,(H,24,25,26). The van der Waals surface area contributed by atoms with Gasteiger partial charge in [0.1, 0.15) is 11.4 Å². The normalized spacial score (nSPS) is 10.9. The van der Waals surface area contributed by atoms with Crippen molar-refractivity contribution in [2.75, 3.05) is 5.32 Å². The number of nitrogens with zero attached hydrogens (tertiary/aromatic N) is 2. The molecule has 4 rings (SSSR count). The van der Waals surface area contributed by atoms with Gasteiger partial charge >= 0.3 is 0 Å². The molecule has 0 unspecified atom stereocenters. The number of aromatic nitrogens is 2. The third-order valence-electron chi connectivity index (χ3n) is 3.91. The van der Waals surface area contributed by atoms with Crippen molar-refractivity contribution < 1.29 is 22.5 Å². The summed E-state index contributed by atoms with van der Waals surface area (Å²) in [6, 6.07) is 11.7. The predicted molar refractivity (Wildman–Crippen MR) is 91.5 cm³/mol. The third kappa shape index (κ3) is 3.12. The molecular weight excluding hydrogens is 359 g/mol. The molecule has 5 nitrogen and oxygen atoms in total. The Balaban J connectivity index is 1.61. The number of hydrogen-bond acceptors (Lipinski definition) is 4. The number of carbonyl (C=O) groups excluding carboxylic acids is 1. The molecule has 134 valence electrons. The van der Waals surface area contributed by atoms with E-state index in [1.807, 2.05) is 12.1 Å². The van der Waals surface area contributed by atoms with E-state index in [2.05, 4.69) is 15.5 Å². The molecule has 0 spiro atoms. The summed E-state index contributed by atoms with van der Waals surface area (Å²) in [4.78, 5) is 16.3. The highest BCUT2D eigenvalue weighted by Gasteiger charge is 2.22. The summed E-state index contributed by atoms with van der Waals surface area (Å²) >= 11 is 0. The van der Waals surface area contributed by atoms with E-state index in [9.17, 15) is 18.0 Å². The van der Waals surface area contributed by atoms with E-state index in [-0.39, 0.29) is 5.82 Å². The Morgan fingerprint density at radius 3 is 2.67 bits per heavy atom. The van der Waals surface area contributed by atoms with Gasteiger partial charge in [-0.05, 0) is 36.4 Å². The van der Waals surface area contributed by atoms with Crippen molar-refractivity contribution in [1.82, 2.24) is 10.1 Å². The first-order chi connectivity index (χ1) is 13.0. The monoisotopic (exact) mass is 369 g/mol. The molecule has 8 heteroatoms. The Hall–Kier alpha value is -3.68. The van der Waals surface area contributed by atoms with Crippen LogP contribution in [0.1, 0.15) is 10.4 Å². The lowest BCUT2D eigenvalue weighted by molar-refractivity contribution is 0.101. The van der Waals surface area contributed by atoms with Crippen LogP contribution in [0.2, 0.25) is 0 Å². The molecule has 0 atom stereocenters. The average Bonchev–Trinajstić information content (AvgIpc) is 3.13. The van der Waals surface area contributed by atoms with Gasteiger partial charge in [-0.25, -0.2) is 13.2 Å². The van der Waals surface area contributed by atoms with E-state index in [4.69, 9.17) is 4.52 Å². The van der Waals surface area contributed by atoms with Gasteiger partial charge in [-0.15, -0.1) is 0 Å². The number of nitrogens with one attached hydrogen (secondary N) is 1. The minimum Gasteiger partial charge on any atom is -0.354 e. The van der Waals surface area contributed by atoms with E-state index in [0.717, 1.165) is 10.9 Å². The summed E-state index contributed by atoms with van der Waals surface area (Å²) in [5.41, 5.74) is 0.439. The maximum Gasteiger partial charge on any atom is 0.262 e. The third-order valence-corrected chi connectivity index (χ3v) is 3.91. The molecular formula is C19H10F3N3O2. The topological polar surface area (TPSA) is 68.0 Å². The zero-order valence-corrected chi connectivity index (χ0v) is 13.5. The second-order valence-electron chi connectivity index (χ2n) is 5.66. The fourth-order valence-electron chi connectivity index (χ4n) is 2.61. The van der Waals surface area contributed by atoms with Crippen LogP contribution in [0.5, 0.6) is 0 Å². The Morgan fingerprint density at radius 2 is 1.81 bits per heavy atom. The summed E-state index contributed by atoms with van der Waals surface area (Å²) < 4.78 is 45.8. The van der Waals surface area contributed by atoms with Crippen LogP contribution in [0.4, 0.5) is 19.0 Å². The van der Waals surface area contributed by atoms with Gasteiger partial charge in [0.25, 0.3) is 5.91 Å². The molecule has 0 bridgehead atoms. The van der Waals surface area contributed by atoms with E-state index in [1.54, 1.807) is 24.4 Å². The number of fused-ring (bicyclic) bond motifs is 1. The maximum absolute atomic E-state index is 13.7. The molecule has 2 aromatic heterocycles. The van der Waals surface area contributed by atoms with Crippen LogP contribution < -0.4 is 5.32 Å². The summed E-state index contributed by atoms with van der Waals surface area (Å²) in [6.07, 6.45) is 1.68. The highest BCUT2D eigenvalue weighted by molar-refractivity contribution is 6.04. The minimum atomic E-state index is -1.57. The first kappa shape index (κ1) is 16.8. The molecule has 2 aromatic carbocycles. The van der Waals surface area contributed by atoms with Crippen LogP contribution in [-0.4, -0.2) is 16.0 Å². The molecule has 1 amide bonds. The van der Waals surface area contributed by atoms with E-state index in [0.29, 0.717) is 23.5 Å². The number of anilines is 1. The quantitative estimate of drug-likeness (QED) is 0.538. The van der Waals surface area contributed by atoms with Crippen molar-refractivity contribution >= 4 is 22.6 Å². The van der Waals surface area contributed by atoms with Gasteiger partial charge in [-0.1, -0.05) is 11.2 Å². The lowest BCUT2D eigenvalue weighted by atomic mass is 10.1. The molecule has 0 fully saturated rings.